The summed E-state index contributed by atoms with van der Waals surface area (Å²) in [6, 6.07) is 0. The summed E-state index contributed by atoms with van der Waals surface area (Å²) < 4.78 is 2.01. The zero-order valence-corrected chi connectivity index (χ0v) is 12.4. The number of nitrogens with zero attached hydrogens (tertiary/aromatic N) is 3. The van der Waals surface area contributed by atoms with Gasteiger partial charge in [-0.1, -0.05) is 6.92 Å². The molecule has 2 heterocycles. The van der Waals surface area contributed by atoms with E-state index in [1.807, 2.05) is 10.9 Å². The van der Waals surface area contributed by atoms with E-state index in [9.17, 15) is 0 Å². The smallest absolute Gasteiger partial charge is 0.0534 e. The largest absolute Gasteiger partial charge is 0.316 e. The summed E-state index contributed by atoms with van der Waals surface area (Å²) in [7, 11) is 0. The number of aryl methyl sites for hydroxylation is 1. The summed E-state index contributed by atoms with van der Waals surface area (Å²) in [5.41, 5.74) is 1.35. The third-order valence-corrected chi connectivity index (χ3v) is 3.98. The third-order valence-electron chi connectivity index (χ3n) is 3.98. The third kappa shape index (κ3) is 4.62. The number of hydrogen-bond donors (Lipinski definition) is 1. The van der Waals surface area contributed by atoms with E-state index in [1.54, 1.807) is 0 Å². The van der Waals surface area contributed by atoms with Gasteiger partial charge in [0, 0.05) is 24.8 Å². The minimum Gasteiger partial charge on any atom is -0.316 e. The maximum Gasteiger partial charge on any atom is 0.0534 e. The molecular weight excluding hydrogens is 236 g/mol. The van der Waals surface area contributed by atoms with E-state index >= 15 is 0 Å². The van der Waals surface area contributed by atoms with Crippen LogP contribution in [-0.2, 0) is 13.1 Å². The molecule has 0 amide bonds. The van der Waals surface area contributed by atoms with E-state index in [2.05, 4.69) is 35.4 Å². The predicted octanol–water partition coefficient (Wildman–Crippen LogP) is 2.11. The molecule has 2 rings (SSSR count). The maximum atomic E-state index is 4.35. The fourth-order valence-corrected chi connectivity index (χ4v) is 2.75. The first kappa shape index (κ1) is 14.5. The molecule has 4 heteroatoms. The molecule has 19 heavy (non-hydrogen) atoms. The molecule has 1 aliphatic heterocycles. The first-order valence-corrected chi connectivity index (χ1v) is 7.76. The van der Waals surface area contributed by atoms with E-state index in [0.29, 0.717) is 0 Å². The molecule has 1 N–H and O–H groups in total. The average Bonchev–Trinajstić information content (AvgIpc) is 2.89. The van der Waals surface area contributed by atoms with E-state index in [1.165, 1.54) is 44.5 Å². The van der Waals surface area contributed by atoms with E-state index < -0.39 is 0 Å². The first-order chi connectivity index (χ1) is 9.31. The van der Waals surface area contributed by atoms with Gasteiger partial charge in [0.25, 0.3) is 0 Å². The Morgan fingerprint density at radius 3 is 2.74 bits per heavy atom. The molecule has 108 valence electrons. The minimum absolute atomic E-state index is 0.876. The Labute approximate surface area is 117 Å². The van der Waals surface area contributed by atoms with Crippen molar-refractivity contribution in [3.8, 4) is 0 Å². The highest BCUT2D eigenvalue weighted by Gasteiger charge is 2.19. The molecule has 1 aliphatic rings. The van der Waals surface area contributed by atoms with Crippen LogP contribution in [0.25, 0.3) is 0 Å². The SMILES string of the molecule is CCCNCC1CCN(Cc2cnn(CC)c2)CC1. The number of likely N-dealkylation sites (tertiary alicyclic amines) is 1. The topological polar surface area (TPSA) is 33.1 Å². The Balaban J connectivity index is 1.68. The molecule has 0 aromatic carbocycles. The van der Waals surface area contributed by atoms with Gasteiger partial charge in [0.1, 0.15) is 0 Å². The zero-order valence-electron chi connectivity index (χ0n) is 12.4. The number of hydrogen-bond acceptors (Lipinski definition) is 3. The molecular formula is C15H28N4. The molecule has 0 radical (unpaired) electrons. The lowest BCUT2D eigenvalue weighted by molar-refractivity contribution is 0.175. The van der Waals surface area contributed by atoms with E-state index in [-0.39, 0.29) is 0 Å². The molecule has 1 fully saturated rings. The monoisotopic (exact) mass is 264 g/mol. The van der Waals surface area contributed by atoms with Crippen molar-refractivity contribution in [1.82, 2.24) is 20.0 Å². The second kappa shape index (κ2) is 7.65. The Hall–Kier alpha value is -0.870. The van der Waals surface area contributed by atoms with Gasteiger partial charge in [0.15, 0.2) is 0 Å². The van der Waals surface area contributed by atoms with Gasteiger partial charge in [0.2, 0.25) is 0 Å². The van der Waals surface area contributed by atoms with Gasteiger partial charge in [0.05, 0.1) is 6.20 Å². The van der Waals surface area contributed by atoms with Crippen molar-refractivity contribution in [1.29, 1.82) is 0 Å². The Bertz CT molecular complexity index is 353. The van der Waals surface area contributed by atoms with Crippen molar-refractivity contribution in [2.24, 2.45) is 5.92 Å². The molecule has 4 nitrogen and oxygen atoms in total. The van der Waals surface area contributed by atoms with Crippen LogP contribution >= 0.6 is 0 Å². The van der Waals surface area contributed by atoms with Crippen molar-refractivity contribution in [3.05, 3.63) is 18.0 Å². The average molecular weight is 264 g/mol. The molecule has 1 saturated heterocycles. The van der Waals surface area contributed by atoms with Crippen LogP contribution in [0.5, 0.6) is 0 Å². The van der Waals surface area contributed by atoms with Crippen LogP contribution in [0.3, 0.4) is 0 Å². The summed E-state index contributed by atoms with van der Waals surface area (Å²) in [5.74, 6) is 0.876. The lowest BCUT2D eigenvalue weighted by atomic mass is 9.96. The molecule has 0 unspecified atom stereocenters. The molecule has 0 aliphatic carbocycles. The number of piperidine rings is 1. The summed E-state index contributed by atoms with van der Waals surface area (Å²) in [6.07, 6.45) is 8.09. The van der Waals surface area contributed by atoms with Gasteiger partial charge < -0.3 is 5.32 Å². The van der Waals surface area contributed by atoms with Gasteiger partial charge in [-0.05, 0) is 58.3 Å². The minimum atomic E-state index is 0.876. The molecule has 0 atom stereocenters. The molecule has 1 aromatic heterocycles. The van der Waals surface area contributed by atoms with E-state index in [4.69, 9.17) is 0 Å². The predicted molar refractivity (Wildman–Crippen MR) is 79.1 cm³/mol. The first-order valence-electron chi connectivity index (χ1n) is 7.76. The van der Waals surface area contributed by atoms with Crippen molar-refractivity contribution in [3.63, 3.8) is 0 Å². The molecule has 0 saturated carbocycles. The number of rotatable bonds is 7. The van der Waals surface area contributed by atoms with Crippen LogP contribution < -0.4 is 5.32 Å². The summed E-state index contributed by atoms with van der Waals surface area (Å²) in [4.78, 5) is 2.56. The lowest BCUT2D eigenvalue weighted by Crippen LogP contribution is -2.37. The Morgan fingerprint density at radius 2 is 2.11 bits per heavy atom. The Kier molecular flexibility index (Phi) is 5.86. The van der Waals surface area contributed by atoms with Crippen LogP contribution in [0.15, 0.2) is 12.4 Å². The van der Waals surface area contributed by atoms with Crippen LogP contribution in [-0.4, -0.2) is 40.9 Å². The highest BCUT2D eigenvalue weighted by molar-refractivity contribution is 5.03. The van der Waals surface area contributed by atoms with Crippen molar-refractivity contribution in [2.75, 3.05) is 26.2 Å². The van der Waals surface area contributed by atoms with Crippen molar-refractivity contribution < 1.29 is 0 Å². The van der Waals surface area contributed by atoms with E-state index in [0.717, 1.165) is 25.6 Å². The van der Waals surface area contributed by atoms with Crippen LogP contribution in [0.2, 0.25) is 0 Å². The normalized spacial score (nSPS) is 18.0. The number of aromatic nitrogens is 2. The highest BCUT2D eigenvalue weighted by atomic mass is 15.3. The zero-order chi connectivity index (χ0) is 13.5. The fraction of sp³-hybridized carbons (Fsp3) is 0.800. The second-order valence-electron chi connectivity index (χ2n) is 5.63. The maximum absolute atomic E-state index is 4.35. The van der Waals surface area contributed by atoms with Crippen LogP contribution in [0.1, 0.15) is 38.7 Å². The van der Waals surface area contributed by atoms with Gasteiger partial charge >= 0.3 is 0 Å². The summed E-state index contributed by atoms with van der Waals surface area (Å²) in [6.45, 7) is 11.2. The van der Waals surface area contributed by atoms with Crippen LogP contribution in [0.4, 0.5) is 0 Å². The fourth-order valence-electron chi connectivity index (χ4n) is 2.75. The highest BCUT2D eigenvalue weighted by Crippen LogP contribution is 2.18. The van der Waals surface area contributed by atoms with Gasteiger partial charge in [-0.3, -0.25) is 9.58 Å². The van der Waals surface area contributed by atoms with Gasteiger partial charge in [-0.15, -0.1) is 0 Å². The second-order valence-corrected chi connectivity index (χ2v) is 5.63. The molecule has 1 aromatic rings. The summed E-state index contributed by atoms with van der Waals surface area (Å²) >= 11 is 0. The van der Waals surface area contributed by atoms with Crippen LogP contribution in [0, 0.1) is 5.92 Å². The van der Waals surface area contributed by atoms with Crippen molar-refractivity contribution >= 4 is 0 Å². The van der Waals surface area contributed by atoms with Crippen molar-refractivity contribution in [2.45, 2.75) is 46.2 Å². The quantitative estimate of drug-likeness (QED) is 0.766. The van der Waals surface area contributed by atoms with Gasteiger partial charge in [-0.2, -0.15) is 5.10 Å². The summed E-state index contributed by atoms with van der Waals surface area (Å²) in [5, 5.41) is 7.89. The lowest BCUT2D eigenvalue weighted by Gasteiger charge is -2.31. The molecule has 0 bridgehead atoms. The van der Waals surface area contributed by atoms with Gasteiger partial charge in [-0.25, -0.2) is 0 Å². The Morgan fingerprint density at radius 1 is 1.32 bits per heavy atom. The number of nitrogens with one attached hydrogen (secondary N) is 1. The molecule has 0 spiro atoms. The standard InChI is InChI=1S/C15H28N4/c1-3-7-16-10-14-5-8-18(9-6-14)12-15-11-17-19(4-2)13-15/h11,13-14,16H,3-10,12H2,1-2H3.